The van der Waals surface area contributed by atoms with Gasteiger partial charge in [0, 0.05) is 44.3 Å². The average molecular weight is 674 g/mol. The summed E-state index contributed by atoms with van der Waals surface area (Å²) in [5.41, 5.74) is 13.9. The van der Waals surface area contributed by atoms with Crippen LogP contribution in [0.4, 0.5) is 0 Å². The van der Waals surface area contributed by atoms with Gasteiger partial charge in [-0.2, -0.15) is 0 Å². The molecule has 0 bridgehead atoms. The average Bonchev–Trinajstić information content (AvgIpc) is 3.55. The summed E-state index contributed by atoms with van der Waals surface area (Å²) in [4.78, 5) is 15.3. The van der Waals surface area contributed by atoms with Crippen molar-refractivity contribution in [1.29, 1.82) is 0 Å². The molecular formula is C50H31N3. The zero-order valence-corrected chi connectivity index (χ0v) is 28.7. The van der Waals surface area contributed by atoms with E-state index < -0.39 is 5.41 Å². The normalized spacial score (nSPS) is 13.1. The standard InChI is InChI=1S/C50H31N3/c1-3-16-36(17-4-1)50(37-18-5-2-6-19-37)41-22-9-7-20-38(41)46-42(50)28-27-40-45(46)39-21-8-10-23-44(39)53-47(40)35-14-11-13-34(31-35)43-29-26-33-25-24-32-15-12-30-51-48(32)49(33)52-43/h1-31H. The van der Waals surface area contributed by atoms with Gasteiger partial charge in [-0.15, -0.1) is 0 Å². The van der Waals surface area contributed by atoms with Crippen molar-refractivity contribution in [2.75, 3.05) is 0 Å². The van der Waals surface area contributed by atoms with E-state index in [1.54, 1.807) is 0 Å². The van der Waals surface area contributed by atoms with Gasteiger partial charge in [0.05, 0.1) is 33.4 Å². The second kappa shape index (κ2) is 11.5. The fourth-order valence-electron chi connectivity index (χ4n) is 8.90. The van der Waals surface area contributed by atoms with Gasteiger partial charge in [-0.05, 0) is 57.6 Å². The maximum Gasteiger partial charge on any atom is 0.0972 e. The van der Waals surface area contributed by atoms with E-state index >= 15 is 0 Å². The van der Waals surface area contributed by atoms with E-state index in [4.69, 9.17) is 15.0 Å². The molecule has 0 spiro atoms. The minimum absolute atomic E-state index is 0.478. The first-order valence-corrected chi connectivity index (χ1v) is 18.1. The quantitative estimate of drug-likeness (QED) is 0.175. The molecule has 0 aliphatic heterocycles. The lowest BCUT2D eigenvalue weighted by atomic mass is 9.67. The Hall–Kier alpha value is -6.97. The molecule has 10 aromatic rings. The van der Waals surface area contributed by atoms with Crippen molar-refractivity contribution in [2.24, 2.45) is 0 Å². The maximum absolute atomic E-state index is 5.40. The summed E-state index contributed by atoms with van der Waals surface area (Å²) in [6.45, 7) is 0. The molecule has 0 saturated heterocycles. The third-order valence-electron chi connectivity index (χ3n) is 11.1. The molecule has 0 N–H and O–H groups in total. The van der Waals surface area contributed by atoms with Crippen molar-refractivity contribution in [1.82, 2.24) is 15.0 Å². The Kier molecular flexibility index (Phi) is 6.47. The van der Waals surface area contributed by atoms with Crippen LogP contribution < -0.4 is 0 Å². The van der Waals surface area contributed by atoms with Gasteiger partial charge in [-0.25, -0.2) is 9.97 Å². The second-order valence-electron chi connectivity index (χ2n) is 13.9. The van der Waals surface area contributed by atoms with E-state index in [-0.39, 0.29) is 0 Å². The molecule has 0 radical (unpaired) electrons. The molecule has 1 aliphatic rings. The topological polar surface area (TPSA) is 38.7 Å². The Morgan fingerprint density at radius 2 is 1.13 bits per heavy atom. The number of pyridine rings is 3. The van der Waals surface area contributed by atoms with Gasteiger partial charge in [-0.1, -0.05) is 158 Å². The molecule has 3 aromatic heterocycles. The van der Waals surface area contributed by atoms with Gasteiger partial charge in [0.25, 0.3) is 0 Å². The highest BCUT2D eigenvalue weighted by atomic mass is 14.8. The molecule has 0 saturated carbocycles. The lowest BCUT2D eigenvalue weighted by Crippen LogP contribution is -2.28. The highest BCUT2D eigenvalue weighted by Gasteiger charge is 2.46. The van der Waals surface area contributed by atoms with Crippen molar-refractivity contribution < 1.29 is 0 Å². The molecule has 0 fully saturated rings. The van der Waals surface area contributed by atoms with Gasteiger partial charge in [-0.3, -0.25) is 4.98 Å². The molecule has 246 valence electrons. The second-order valence-corrected chi connectivity index (χ2v) is 13.9. The highest BCUT2D eigenvalue weighted by Crippen LogP contribution is 2.58. The zero-order chi connectivity index (χ0) is 34.9. The molecular weight excluding hydrogens is 643 g/mol. The minimum atomic E-state index is -0.478. The van der Waals surface area contributed by atoms with Crippen LogP contribution in [0.15, 0.2) is 188 Å². The van der Waals surface area contributed by atoms with E-state index in [0.717, 1.165) is 60.6 Å². The third-order valence-corrected chi connectivity index (χ3v) is 11.1. The Labute approximate surface area is 306 Å². The summed E-state index contributed by atoms with van der Waals surface area (Å²) in [6.07, 6.45) is 1.84. The van der Waals surface area contributed by atoms with Gasteiger partial charge in [0.1, 0.15) is 0 Å². The Morgan fingerprint density at radius 1 is 0.434 bits per heavy atom. The van der Waals surface area contributed by atoms with Crippen LogP contribution in [-0.4, -0.2) is 15.0 Å². The lowest BCUT2D eigenvalue weighted by molar-refractivity contribution is 0.769. The van der Waals surface area contributed by atoms with E-state index in [9.17, 15) is 0 Å². The third kappa shape index (κ3) is 4.31. The highest BCUT2D eigenvalue weighted by molar-refractivity contribution is 6.19. The molecule has 0 amide bonds. The fraction of sp³-hybridized carbons (Fsp3) is 0.0200. The van der Waals surface area contributed by atoms with E-state index in [2.05, 4.69) is 176 Å². The van der Waals surface area contributed by atoms with Crippen LogP contribution in [0.2, 0.25) is 0 Å². The molecule has 0 unspecified atom stereocenters. The summed E-state index contributed by atoms with van der Waals surface area (Å²) in [7, 11) is 0. The molecule has 7 aromatic carbocycles. The fourth-order valence-corrected chi connectivity index (χ4v) is 8.90. The molecule has 11 rings (SSSR count). The molecule has 3 heteroatoms. The summed E-state index contributed by atoms with van der Waals surface area (Å²) >= 11 is 0. The first-order chi connectivity index (χ1) is 26.3. The van der Waals surface area contributed by atoms with Gasteiger partial charge in [0.2, 0.25) is 0 Å². The molecule has 1 aliphatic carbocycles. The van der Waals surface area contributed by atoms with Crippen molar-refractivity contribution in [2.45, 2.75) is 5.41 Å². The number of nitrogens with zero attached hydrogens (tertiary/aromatic N) is 3. The summed E-state index contributed by atoms with van der Waals surface area (Å²) < 4.78 is 0. The monoisotopic (exact) mass is 673 g/mol. The summed E-state index contributed by atoms with van der Waals surface area (Å²) in [6, 6.07) is 65.5. The van der Waals surface area contributed by atoms with Crippen LogP contribution in [0.3, 0.4) is 0 Å². The molecule has 53 heavy (non-hydrogen) atoms. The molecule has 3 heterocycles. The number of hydrogen-bond acceptors (Lipinski definition) is 3. The van der Waals surface area contributed by atoms with Crippen LogP contribution >= 0.6 is 0 Å². The van der Waals surface area contributed by atoms with Crippen molar-refractivity contribution in [3.8, 4) is 33.6 Å². The van der Waals surface area contributed by atoms with Crippen LogP contribution in [0.5, 0.6) is 0 Å². The molecule has 0 atom stereocenters. The smallest absolute Gasteiger partial charge is 0.0972 e. The van der Waals surface area contributed by atoms with E-state index in [0.29, 0.717) is 0 Å². The van der Waals surface area contributed by atoms with Crippen molar-refractivity contribution in [3.63, 3.8) is 0 Å². The van der Waals surface area contributed by atoms with Crippen LogP contribution in [-0.2, 0) is 5.41 Å². The summed E-state index contributed by atoms with van der Waals surface area (Å²) in [5.74, 6) is 0. The van der Waals surface area contributed by atoms with Crippen LogP contribution in [0.1, 0.15) is 22.3 Å². The van der Waals surface area contributed by atoms with E-state index in [1.807, 2.05) is 12.3 Å². The van der Waals surface area contributed by atoms with Crippen LogP contribution in [0.25, 0.3) is 77.1 Å². The SMILES string of the molecule is c1ccc(C2(c3ccccc3)c3ccccc3-c3c2ccc2c(-c4cccc(-c5ccc6ccc7cccnc7c6n5)c4)nc4ccccc4c32)cc1. The minimum Gasteiger partial charge on any atom is -0.254 e. The first-order valence-electron chi connectivity index (χ1n) is 18.1. The predicted octanol–water partition coefficient (Wildman–Crippen LogP) is 12.2. The maximum atomic E-state index is 5.40. The zero-order valence-electron chi connectivity index (χ0n) is 28.7. The Balaban J connectivity index is 1.19. The Morgan fingerprint density at radius 3 is 1.96 bits per heavy atom. The number of fused-ring (bicyclic) bond motifs is 10. The van der Waals surface area contributed by atoms with Crippen LogP contribution in [0, 0.1) is 0 Å². The Bertz CT molecular complexity index is 3020. The number of benzene rings is 7. The largest absolute Gasteiger partial charge is 0.254 e. The predicted molar refractivity (Wildman–Crippen MR) is 218 cm³/mol. The van der Waals surface area contributed by atoms with Crippen molar-refractivity contribution >= 4 is 43.5 Å². The van der Waals surface area contributed by atoms with E-state index in [1.165, 1.54) is 38.8 Å². The number of para-hydroxylation sites is 1. The summed E-state index contributed by atoms with van der Waals surface area (Å²) in [5, 5.41) is 5.68. The first kappa shape index (κ1) is 29.7. The van der Waals surface area contributed by atoms with Gasteiger partial charge < -0.3 is 0 Å². The molecule has 3 nitrogen and oxygen atoms in total. The number of aromatic nitrogens is 3. The van der Waals surface area contributed by atoms with Gasteiger partial charge >= 0.3 is 0 Å². The van der Waals surface area contributed by atoms with Gasteiger partial charge in [0.15, 0.2) is 0 Å². The number of rotatable bonds is 4. The lowest BCUT2D eigenvalue weighted by Gasteiger charge is -2.34. The number of hydrogen-bond donors (Lipinski definition) is 0. The van der Waals surface area contributed by atoms with Crippen molar-refractivity contribution in [3.05, 3.63) is 210 Å².